The number of esters is 1. The molecule has 0 saturated carbocycles. The van der Waals surface area contributed by atoms with E-state index in [4.69, 9.17) is 9.47 Å². The molecule has 0 aliphatic carbocycles. The van der Waals surface area contributed by atoms with Gasteiger partial charge in [-0.2, -0.15) is 0 Å². The number of ether oxygens (including phenoxy) is 2. The molecule has 0 bridgehead atoms. The number of amides is 2. The number of nitrogens with one attached hydrogen (secondary N) is 1. The summed E-state index contributed by atoms with van der Waals surface area (Å²) < 4.78 is 11.3. The fraction of sp³-hybridized carbons (Fsp3) is 0.800. The van der Waals surface area contributed by atoms with E-state index in [0.29, 0.717) is 12.8 Å². The summed E-state index contributed by atoms with van der Waals surface area (Å²) in [6, 6.07) is -2.38. The average Bonchev–Trinajstić information content (AvgIpc) is 2.95. The van der Waals surface area contributed by atoms with Crippen LogP contribution in [0.1, 0.15) is 82.1 Å². The molecule has 0 aromatic carbocycles. The minimum atomic E-state index is -0.922. The van der Waals surface area contributed by atoms with Crippen LogP contribution in [-0.4, -0.2) is 63.4 Å². The van der Waals surface area contributed by atoms with Gasteiger partial charge in [-0.3, -0.25) is 9.69 Å². The minimum Gasteiger partial charge on any atom is -0.458 e. The summed E-state index contributed by atoms with van der Waals surface area (Å²) in [6.07, 6.45) is 2.87. The Labute approximate surface area is 199 Å². The van der Waals surface area contributed by atoms with Gasteiger partial charge in [0.2, 0.25) is 5.91 Å². The van der Waals surface area contributed by atoms with E-state index in [1.165, 1.54) is 11.8 Å². The van der Waals surface area contributed by atoms with Crippen LogP contribution in [-0.2, 0) is 19.1 Å². The molecule has 1 aliphatic rings. The van der Waals surface area contributed by atoms with Crippen molar-refractivity contribution in [3.63, 3.8) is 0 Å². The molecule has 1 rings (SSSR count). The lowest BCUT2D eigenvalue weighted by atomic mass is 9.87. The fourth-order valence-corrected chi connectivity index (χ4v) is 4.22. The molecule has 1 fully saturated rings. The number of hydrogen-bond acceptors (Lipinski definition) is 6. The van der Waals surface area contributed by atoms with E-state index in [2.05, 4.69) is 5.32 Å². The molecule has 0 aromatic rings. The number of allylic oxidation sites excluding steroid dienone is 1. The molecular weight excluding hydrogens is 424 g/mol. The first-order chi connectivity index (χ1) is 15.0. The maximum Gasteiger partial charge on any atom is 0.411 e. The van der Waals surface area contributed by atoms with E-state index >= 15 is 0 Å². The fourth-order valence-electron chi connectivity index (χ4n) is 4.22. The molecule has 8 heteroatoms. The zero-order valence-corrected chi connectivity index (χ0v) is 22.0. The van der Waals surface area contributed by atoms with E-state index in [-0.39, 0.29) is 17.7 Å². The summed E-state index contributed by atoms with van der Waals surface area (Å²) in [7, 11) is 0. The molecular formula is C25H44N2O6. The first kappa shape index (κ1) is 28.9. The molecule has 5 atom stereocenters. The van der Waals surface area contributed by atoms with Crippen LogP contribution in [0.25, 0.3) is 0 Å². The molecule has 2 N–H and O–H groups in total. The van der Waals surface area contributed by atoms with Crippen molar-refractivity contribution in [2.24, 2.45) is 11.8 Å². The highest BCUT2D eigenvalue weighted by Crippen LogP contribution is 2.37. The third-order valence-electron chi connectivity index (χ3n) is 5.18. The van der Waals surface area contributed by atoms with Crippen LogP contribution in [0, 0.1) is 11.8 Å². The Morgan fingerprint density at radius 1 is 1.09 bits per heavy atom. The van der Waals surface area contributed by atoms with Crippen molar-refractivity contribution in [1.29, 1.82) is 0 Å². The number of hydrogen-bond donors (Lipinski definition) is 2. The molecule has 8 nitrogen and oxygen atoms in total. The average molecular weight is 469 g/mol. The van der Waals surface area contributed by atoms with Gasteiger partial charge in [-0.05, 0) is 67.2 Å². The van der Waals surface area contributed by atoms with Crippen LogP contribution in [0.3, 0.4) is 0 Å². The second kappa shape index (κ2) is 11.4. The van der Waals surface area contributed by atoms with Crippen LogP contribution >= 0.6 is 0 Å². The monoisotopic (exact) mass is 468 g/mol. The van der Waals surface area contributed by atoms with Crippen LogP contribution < -0.4 is 5.32 Å². The van der Waals surface area contributed by atoms with E-state index in [9.17, 15) is 19.5 Å². The second-order valence-electron chi connectivity index (χ2n) is 11.3. The maximum absolute atomic E-state index is 13.4. The van der Waals surface area contributed by atoms with Gasteiger partial charge in [0.05, 0.1) is 18.2 Å². The molecule has 0 unspecified atom stereocenters. The quantitative estimate of drug-likeness (QED) is 0.435. The number of carbonyl (C=O) groups is 3. The van der Waals surface area contributed by atoms with Gasteiger partial charge < -0.3 is 19.9 Å². The Morgan fingerprint density at radius 2 is 1.64 bits per heavy atom. The molecule has 1 aliphatic heterocycles. The van der Waals surface area contributed by atoms with Crippen molar-refractivity contribution in [3.8, 4) is 0 Å². The highest BCUT2D eigenvalue weighted by Gasteiger charge is 2.53. The van der Waals surface area contributed by atoms with Crippen molar-refractivity contribution in [2.45, 2.75) is 118 Å². The topological polar surface area (TPSA) is 105 Å². The van der Waals surface area contributed by atoms with Crippen molar-refractivity contribution >= 4 is 18.0 Å². The molecule has 1 heterocycles. The van der Waals surface area contributed by atoms with Gasteiger partial charge in [0.25, 0.3) is 0 Å². The Bertz CT molecular complexity index is 719. The molecule has 0 radical (unpaired) electrons. The summed E-state index contributed by atoms with van der Waals surface area (Å²) in [5.41, 5.74) is -1.53. The standard InChI is InChI=1S/C25H44N2O6/c1-11-12-17-14-18(22(30)32-24(5,6)7)27(23(31)33-25(8,9)10)21(17)20(26-16(4)28)19(29)13-15(2)3/h11-12,15,17-21,29H,13-14H2,1-10H3,(H,26,28)/t17-,18+,19-,20+,21-/m1/s1. The maximum atomic E-state index is 13.4. The zero-order chi connectivity index (χ0) is 25.7. The van der Waals surface area contributed by atoms with Crippen molar-refractivity contribution in [1.82, 2.24) is 10.2 Å². The number of aliphatic hydroxyl groups is 1. The van der Waals surface area contributed by atoms with Gasteiger partial charge in [0, 0.05) is 12.8 Å². The van der Waals surface area contributed by atoms with Crippen LogP contribution in [0.4, 0.5) is 4.79 Å². The first-order valence-corrected chi connectivity index (χ1v) is 11.8. The Morgan fingerprint density at radius 3 is 2.06 bits per heavy atom. The molecule has 0 aromatic heterocycles. The lowest BCUT2D eigenvalue weighted by Crippen LogP contribution is -2.60. The molecule has 33 heavy (non-hydrogen) atoms. The van der Waals surface area contributed by atoms with E-state index < -0.39 is 47.5 Å². The normalized spacial score (nSPS) is 23.5. The highest BCUT2D eigenvalue weighted by molar-refractivity contribution is 5.83. The largest absolute Gasteiger partial charge is 0.458 e. The third-order valence-corrected chi connectivity index (χ3v) is 5.18. The van der Waals surface area contributed by atoms with Gasteiger partial charge in [0.15, 0.2) is 0 Å². The third kappa shape index (κ3) is 8.99. The highest BCUT2D eigenvalue weighted by atomic mass is 16.6. The molecule has 1 saturated heterocycles. The lowest BCUT2D eigenvalue weighted by Gasteiger charge is -2.39. The van der Waals surface area contributed by atoms with E-state index in [0.717, 1.165) is 0 Å². The summed E-state index contributed by atoms with van der Waals surface area (Å²) in [5.74, 6) is -0.995. The number of aliphatic hydroxyl groups excluding tert-OH is 1. The Kier molecular flexibility index (Phi) is 9.96. The Balaban J connectivity index is 3.58. The first-order valence-electron chi connectivity index (χ1n) is 11.8. The van der Waals surface area contributed by atoms with Gasteiger partial charge in [0.1, 0.15) is 17.2 Å². The predicted octanol–water partition coefficient (Wildman–Crippen LogP) is 3.81. The van der Waals surface area contributed by atoms with Crippen LogP contribution in [0.15, 0.2) is 12.2 Å². The number of carbonyl (C=O) groups excluding carboxylic acids is 3. The van der Waals surface area contributed by atoms with E-state index in [1.807, 2.05) is 32.9 Å². The summed E-state index contributed by atoms with van der Waals surface area (Å²) >= 11 is 0. The minimum absolute atomic E-state index is 0.162. The second-order valence-corrected chi connectivity index (χ2v) is 11.3. The van der Waals surface area contributed by atoms with Gasteiger partial charge in [-0.25, -0.2) is 9.59 Å². The van der Waals surface area contributed by atoms with Crippen molar-refractivity contribution in [2.75, 3.05) is 0 Å². The summed E-state index contributed by atoms with van der Waals surface area (Å²) in [5, 5.41) is 13.9. The smallest absolute Gasteiger partial charge is 0.411 e. The molecule has 190 valence electrons. The number of nitrogens with zero attached hydrogens (tertiary/aromatic N) is 1. The lowest BCUT2D eigenvalue weighted by molar-refractivity contribution is -0.160. The van der Waals surface area contributed by atoms with Crippen molar-refractivity contribution in [3.05, 3.63) is 12.2 Å². The zero-order valence-electron chi connectivity index (χ0n) is 22.0. The van der Waals surface area contributed by atoms with Gasteiger partial charge in [-0.1, -0.05) is 26.0 Å². The predicted molar refractivity (Wildman–Crippen MR) is 127 cm³/mol. The SMILES string of the molecule is CC=C[C@@H]1C[C@@H](C(=O)OC(C)(C)C)N(C(=O)OC(C)(C)C)[C@H]1[C@@H](NC(C)=O)[C@H](O)CC(C)C. The van der Waals surface area contributed by atoms with Crippen LogP contribution in [0.5, 0.6) is 0 Å². The number of likely N-dealkylation sites (tertiary alicyclic amines) is 1. The van der Waals surface area contributed by atoms with Gasteiger partial charge in [-0.15, -0.1) is 0 Å². The Hall–Kier alpha value is -2.09. The molecule has 0 spiro atoms. The van der Waals surface area contributed by atoms with Gasteiger partial charge >= 0.3 is 12.1 Å². The van der Waals surface area contributed by atoms with E-state index in [1.54, 1.807) is 41.5 Å². The number of rotatable bonds is 7. The summed E-state index contributed by atoms with van der Waals surface area (Å²) in [4.78, 5) is 40.1. The summed E-state index contributed by atoms with van der Waals surface area (Å²) in [6.45, 7) is 17.7. The van der Waals surface area contributed by atoms with Crippen molar-refractivity contribution < 1.29 is 29.0 Å². The molecule has 2 amide bonds. The van der Waals surface area contributed by atoms with Crippen LogP contribution in [0.2, 0.25) is 0 Å².